The molecule has 0 saturated carbocycles. The number of nitrogens with zero attached hydrogens (tertiary/aromatic N) is 4. The van der Waals surface area contributed by atoms with E-state index in [0.29, 0.717) is 30.7 Å². The van der Waals surface area contributed by atoms with E-state index in [0.717, 1.165) is 29.1 Å². The van der Waals surface area contributed by atoms with Gasteiger partial charge in [0.25, 0.3) is 0 Å². The van der Waals surface area contributed by atoms with E-state index in [1.807, 2.05) is 20.8 Å². The predicted octanol–water partition coefficient (Wildman–Crippen LogP) is 3.35. The largest absolute Gasteiger partial charge is 0.439 e. The Bertz CT molecular complexity index is 1020. The van der Waals surface area contributed by atoms with E-state index in [9.17, 15) is 4.79 Å². The molecule has 2 aromatic heterocycles. The summed E-state index contributed by atoms with van der Waals surface area (Å²) in [5.74, 6) is 1.58. The van der Waals surface area contributed by atoms with Gasteiger partial charge in [-0.15, -0.1) is 0 Å². The van der Waals surface area contributed by atoms with Crippen molar-refractivity contribution in [1.29, 1.82) is 0 Å². The van der Waals surface area contributed by atoms with Gasteiger partial charge in [-0.1, -0.05) is 0 Å². The quantitative estimate of drug-likeness (QED) is 0.715. The first-order valence-electron chi connectivity index (χ1n) is 9.53. The van der Waals surface area contributed by atoms with Crippen LogP contribution in [0.15, 0.2) is 36.7 Å². The lowest BCUT2D eigenvalue weighted by Crippen LogP contribution is -2.22. The van der Waals surface area contributed by atoms with Crippen molar-refractivity contribution in [1.82, 2.24) is 19.7 Å². The standard InChI is InChI=1S/C21H23N5O3/c1-13-14(2)25-26(15(13)3)19-10-20(23-12-22-19)29-18-6-4-17(5-7-18)24-21(27)16-8-9-28-11-16/h4-7,10,12,16H,8-9,11H2,1-3H3,(H,24,27). The van der Waals surface area contributed by atoms with Crippen molar-refractivity contribution in [2.45, 2.75) is 27.2 Å². The molecule has 1 amide bonds. The maximum atomic E-state index is 12.2. The number of amides is 1. The molecule has 1 fully saturated rings. The zero-order valence-electron chi connectivity index (χ0n) is 16.7. The molecule has 1 N–H and O–H groups in total. The summed E-state index contributed by atoms with van der Waals surface area (Å²) in [7, 11) is 0. The number of ether oxygens (including phenoxy) is 2. The highest BCUT2D eigenvalue weighted by Gasteiger charge is 2.23. The van der Waals surface area contributed by atoms with Gasteiger partial charge < -0.3 is 14.8 Å². The molecular formula is C21H23N5O3. The molecule has 1 aliphatic heterocycles. The fraction of sp³-hybridized carbons (Fsp3) is 0.333. The molecule has 3 heterocycles. The van der Waals surface area contributed by atoms with E-state index < -0.39 is 0 Å². The predicted molar refractivity (Wildman–Crippen MR) is 107 cm³/mol. The fourth-order valence-corrected chi connectivity index (χ4v) is 3.16. The SMILES string of the molecule is Cc1nn(-c2cc(Oc3ccc(NC(=O)C4CCOC4)cc3)ncn2)c(C)c1C. The molecule has 0 spiro atoms. The Labute approximate surface area is 168 Å². The number of benzene rings is 1. The molecule has 1 saturated heterocycles. The fourth-order valence-electron chi connectivity index (χ4n) is 3.16. The van der Waals surface area contributed by atoms with E-state index in [1.165, 1.54) is 6.33 Å². The molecule has 8 nitrogen and oxygen atoms in total. The average Bonchev–Trinajstić information content (AvgIpc) is 3.35. The summed E-state index contributed by atoms with van der Waals surface area (Å²) >= 11 is 0. The second kappa shape index (κ2) is 8.00. The van der Waals surface area contributed by atoms with Gasteiger partial charge in [0.05, 0.1) is 18.2 Å². The van der Waals surface area contributed by atoms with Crippen molar-refractivity contribution in [3.63, 3.8) is 0 Å². The van der Waals surface area contributed by atoms with Crippen molar-refractivity contribution < 1.29 is 14.3 Å². The van der Waals surface area contributed by atoms with Gasteiger partial charge in [-0.25, -0.2) is 14.6 Å². The highest BCUT2D eigenvalue weighted by atomic mass is 16.5. The summed E-state index contributed by atoms with van der Waals surface area (Å²) in [4.78, 5) is 20.7. The normalized spacial score (nSPS) is 16.0. The highest BCUT2D eigenvalue weighted by Crippen LogP contribution is 2.24. The molecule has 29 heavy (non-hydrogen) atoms. The van der Waals surface area contributed by atoms with Crippen LogP contribution >= 0.6 is 0 Å². The van der Waals surface area contributed by atoms with Crippen LogP contribution in [-0.4, -0.2) is 38.9 Å². The second-order valence-corrected chi connectivity index (χ2v) is 7.10. The molecule has 0 aliphatic carbocycles. The molecule has 0 bridgehead atoms. The molecule has 0 radical (unpaired) electrons. The number of carbonyl (C=O) groups is 1. The van der Waals surface area contributed by atoms with Gasteiger partial charge in [-0.3, -0.25) is 4.79 Å². The summed E-state index contributed by atoms with van der Waals surface area (Å²) in [5.41, 5.74) is 3.84. The Morgan fingerprint density at radius 2 is 2.00 bits per heavy atom. The first-order valence-corrected chi connectivity index (χ1v) is 9.53. The van der Waals surface area contributed by atoms with Crippen LogP contribution in [0, 0.1) is 26.7 Å². The van der Waals surface area contributed by atoms with Crippen LogP contribution in [0.1, 0.15) is 23.4 Å². The number of carbonyl (C=O) groups excluding carboxylic acids is 1. The Morgan fingerprint density at radius 3 is 2.66 bits per heavy atom. The van der Waals surface area contributed by atoms with Crippen molar-refractivity contribution in [2.24, 2.45) is 5.92 Å². The van der Waals surface area contributed by atoms with Crippen LogP contribution in [0.3, 0.4) is 0 Å². The average molecular weight is 393 g/mol. The van der Waals surface area contributed by atoms with Crippen molar-refractivity contribution in [3.8, 4) is 17.4 Å². The Balaban J connectivity index is 1.45. The van der Waals surface area contributed by atoms with Gasteiger partial charge in [0.15, 0.2) is 5.82 Å². The third-order valence-electron chi connectivity index (χ3n) is 5.14. The van der Waals surface area contributed by atoms with E-state index in [1.54, 1.807) is 35.0 Å². The lowest BCUT2D eigenvalue weighted by atomic mass is 10.1. The summed E-state index contributed by atoms with van der Waals surface area (Å²) in [6, 6.07) is 8.92. The van der Waals surface area contributed by atoms with Crippen LogP contribution in [0.2, 0.25) is 0 Å². The lowest BCUT2D eigenvalue weighted by molar-refractivity contribution is -0.119. The number of aromatic nitrogens is 4. The van der Waals surface area contributed by atoms with E-state index in [4.69, 9.17) is 9.47 Å². The number of nitrogens with one attached hydrogen (secondary N) is 1. The number of aryl methyl sites for hydroxylation is 1. The van der Waals surface area contributed by atoms with Crippen LogP contribution < -0.4 is 10.1 Å². The molecular weight excluding hydrogens is 370 g/mol. The molecule has 1 atom stereocenters. The van der Waals surface area contributed by atoms with Crippen LogP contribution in [-0.2, 0) is 9.53 Å². The van der Waals surface area contributed by atoms with Crippen molar-refractivity contribution in [3.05, 3.63) is 53.6 Å². The molecule has 1 aromatic carbocycles. The van der Waals surface area contributed by atoms with Gasteiger partial charge in [0.2, 0.25) is 11.8 Å². The molecule has 8 heteroatoms. The minimum absolute atomic E-state index is 0.0169. The van der Waals surface area contributed by atoms with E-state index >= 15 is 0 Å². The number of hydrogen-bond donors (Lipinski definition) is 1. The smallest absolute Gasteiger partial charge is 0.229 e. The van der Waals surface area contributed by atoms with Crippen LogP contribution in [0.5, 0.6) is 11.6 Å². The minimum atomic E-state index is -0.0802. The molecule has 1 aliphatic rings. The van der Waals surface area contributed by atoms with Crippen molar-refractivity contribution >= 4 is 11.6 Å². The zero-order chi connectivity index (χ0) is 20.4. The lowest BCUT2D eigenvalue weighted by Gasteiger charge is -2.10. The monoisotopic (exact) mass is 393 g/mol. The first kappa shape index (κ1) is 19.1. The van der Waals surface area contributed by atoms with E-state index in [2.05, 4.69) is 20.4 Å². The van der Waals surface area contributed by atoms with Gasteiger partial charge >= 0.3 is 0 Å². The van der Waals surface area contributed by atoms with Gasteiger partial charge in [0, 0.05) is 24.1 Å². The third-order valence-corrected chi connectivity index (χ3v) is 5.14. The minimum Gasteiger partial charge on any atom is -0.439 e. The van der Waals surface area contributed by atoms with Gasteiger partial charge in [-0.2, -0.15) is 5.10 Å². The van der Waals surface area contributed by atoms with Gasteiger partial charge in [-0.05, 0) is 57.0 Å². The van der Waals surface area contributed by atoms with E-state index in [-0.39, 0.29) is 11.8 Å². The highest BCUT2D eigenvalue weighted by molar-refractivity contribution is 5.92. The zero-order valence-corrected chi connectivity index (χ0v) is 16.7. The maximum absolute atomic E-state index is 12.2. The Kier molecular flexibility index (Phi) is 5.26. The second-order valence-electron chi connectivity index (χ2n) is 7.10. The van der Waals surface area contributed by atoms with Crippen LogP contribution in [0.4, 0.5) is 5.69 Å². The number of anilines is 1. The topological polar surface area (TPSA) is 91.2 Å². The molecule has 1 unspecified atom stereocenters. The molecule has 150 valence electrons. The van der Waals surface area contributed by atoms with Crippen LogP contribution in [0.25, 0.3) is 5.82 Å². The Morgan fingerprint density at radius 1 is 1.21 bits per heavy atom. The number of hydrogen-bond acceptors (Lipinski definition) is 6. The van der Waals surface area contributed by atoms with Crippen molar-refractivity contribution in [2.75, 3.05) is 18.5 Å². The third kappa shape index (κ3) is 4.12. The maximum Gasteiger partial charge on any atom is 0.229 e. The Hall–Kier alpha value is -3.26. The summed E-state index contributed by atoms with van der Waals surface area (Å²) in [6.45, 7) is 7.13. The first-order chi connectivity index (χ1) is 14.0. The molecule has 3 aromatic rings. The summed E-state index contributed by atoms with van der Waals surface area (Å²) in [6.07, 6.45) is 2.21. The number of rotatable bonds is 5. The summed E-state index contributed by atoms with van der Waals surface area (Å²) in [5, 5.41) is 7.43. The van der Waals surface area contributed by atoms with Gasteiger partial charge in [0.1, 0.15) is 12.1 Å². The molecule has 4 rings (SSSR count). The summed E-state index contributed by atoms with van der Waals surface area (Å²) < 4.78 is 12.9.